The van der Waals surface area contributed by atoms with Crippen LogP contribution >= 0.6 is 0 Å². The van der Waals surface area contributed by atoms with E-state index in [2.05, 4.69) is 20.2 Å². The first-order valence-electron chi connectivity index (χ1n) is 5.98. The van der Waals surface area contributed by atoms with E-state index in [0.29, 0.717) is 17.7 Å². The van der Waals surface area contributed by atoms with Gasteiger partial charge < -0.3 is 10.2 Å². The third kappa shape index (κ3) is 2.92. The Morgan fingerprint density at radius 2 is 2.35 bits per heavy atom. The summed E-state index contributed by atoms with van der Waals surface area (Å²) in [6.07, 6.45) is 5.06. The van der Waals surface area contributed by atoms with Gasteiger partial charge in [0, 0.05) is 19.3 Å². The molecule has 0 spiro atoms. The molecule has 2 rings (SSSR count). The molecule has 0 aliphatic carbocycles. The first-order valence-corrected chi connectivity index (χ1v) is 5.98. The molecule has 90 valence electrons. The minimum Gasteiger partial charge on any atom is -0.341 e. The first-order chi connectivity index (χ1) is 8.31. The summed E-state index contributed by atoms with van der Waals surface area (Å²) < 4.78 is 0. The highest BCUT2D eigenvalue weighted by Gasteiger charge is 2.18. The van der Waals surface area contributed by atoms with Crippen molar-refractivity contribution < 1.29 is 0 Å². The van der Waals surface area contributed by atoms with Crippen molar-refractivity contribution in [3.8, 4) is 6.07 Å². The van der Waals surface area contributed by atoms with Crippen LogP contribution in [0.15, 0.2) is 12.3 Å². The minimum atomic E-state index is 0.425. The van der Waals surface area contributed by atoms with Crippen LogP contribution in [-0.4, -0.2) is 36.1 Å². The number of nitrogens with one attached hydrogen (secondary N) is 1. The standard InChI is InChI=1S/C12H17N5/c1-17(11-3-2-6-14-7-5-11)12-15-8-4-10(9-13)16-12/h4,8,11,14H,2-3,5-7H2,1H3. The summed E-state index contributed by atoms with van der Waals surface area (Å²) in [5.74, 6) is 0.649. The average Bonchev–Trinajstić information content (AvgIpc) is 2.67. The van der Waals surface area contributed by atoms with Crippen molar-refractivity contribution >= 4 is 5.95 Å². The molecular weight excluding hydrogens is 214 g/mol. The maximum atomic E-state index is 8.83. The molecule has 5 nitrogen and oxygen atoms in total. The Bertz CT molecular complexity index is 404. The predicted molar refractivity (Wildman–Crippen MR) is 65.7 cm³/mol. The van der Waals surface area contributed by atoms with Crippen LogP contribution < -0.4 is 10.2 Å². The molecule has 0 aromatic carbocycles. The van der Waals surface area contributed by atoms with Crippen molar-refractivity contribution in [2.24, 2.45) is 0 Å². The number of hydrogen-bond acceptors (Lipinski definition) is 5. The van der Waals surface area contributed by atoms with Crippen LogP contribution in [0.3, 0.4) is 0 Å². The molecule has 0 bridgehead atoms. The van der Waals surface area contributed by atoms with E-state index in [-0.39, 0.29) is 0 Å². The van der Waals surface area contributed by atoms with Crippen LogP contribution in [0.5, 0.6) is 0 Å². The van der Waals surface area contributed by atoms with Gasteiger partial charge in [0.15, 0.2) is 0 Å². The van der Waals surface area contributed by atoms with Gasteiger partial charge >= 0.3 is 0 Å². The summed E-state index contributed by atoms with van der Waals surface area (Å²) in [6, 6.07) is 4.14. The quantitative estimate of drug-likeness (QED) is 0.820. The molecule has 0 amide bonds. The van der Waals surface area contributed by atoms with E-state index in [1.165, 1.54) is 6.42 Å². The van der Waals surface area contributed by atoms with E-state index in [1.54, 1.807) is 12.3 Å². The van der Waals surface area contributed by atoms with E-state index in [4.69, 9.17) is 5.26 Å². The lowest BCUT2D eigenvalue weighted by Gasteiger charge is -2.26. The minimum absolute atomic E-state index is 0.425. The van der Waals surface area contributed by atoms with Crippen molar-refractivity contribution in [1.82, 2.24) is 15.3 Å². The van der Waals surface area contributed by atoms with E-state index < -0.39 is 0 Å². The highest BCUT2D eigenvalue weighted by molar-refractivity contribution is 5.33. The SMILES string of the molecule is CN(c1nccc(C#N)n1)C1CCCNCC1. The molecule has 1 N–H and O–H groups in total. The van der Waals surface area contributed by atoms with E-state index in [9.17, 15) is 0 Å². The Balaban J connectivity index is 2.12. The number of aromatic nitrogens is 2. The Labute approximate surface area is 101 Å². The van der Waals surface area contributed by atoms with Crippen LogP contribution in [0.4, 0.5) is 5.95 Å². The molecule has 2 heterocycles. The maximum absolute atomic E-state index is 8.83. The molecule has 1 aliphatic heterocycles. The fourth-order valence-corrected chi connectivity index (χ4v) is 2.13. The molecule has 1 saturated heterocycles. The number of rotatable bonds is 2. The average molecular weight is 231 g/mol. The number of nitrogens with zero attached hydrogens (tertiary/aromatic N) is 4. The van der Waals surface area contributed by atoms with Gasteiger partial charge in [-0.2, -0.15) is 5.26 Å². The zero-order chi connectivity index (χ0) is 12.1. The Hall–Kier alpha value is -1.67. The van der Waals surface area contributed by atoms with Gasteiger partial charge in [-0.3, -0.25) is 0 Å². The zero-order valence-corrected chi connectivity index (χ0v) is 10.1. The molecule has 0 radical (unpaired) electrons. The first kappa shape index (κ1) is 11.8. The predicted octanol–water partition coefficient (Wildman–Crippen LogP) is 0.927. The molecule has 1 fully saturated rings. The van der Waals surface area contributed by atoms with Crippen molar-refractivity contribution in [1.29, 1.82) is 5.26 Å². The third-order valence-electron chi connectivity index (χ3n) is 3.17. The summed E-state index contributed by atoms with van der Waals surface area (Å²) in [7, 11) is 2.01. The van der Waals surface area contributed by atoms with Gasteiger partial charge in [-0.05, 0) is 38.4 Å². The van der Waals surface area contributed by atoms with Gasteiger partial charge in [0.2, 0.25) is 5.95 Å². The molecule has 1 aromatic rings. The number of nitriles is 1. The smallest absolute Gasteiger partial charge is 0.226 e. The number of hydrogen-bond donors (Lipinski definition) is 1. The second-order valence-electron chi connectivity index (χ2n) is 4.30. The molecule has 1 aliphatic rings. The van der Waals surface area contributed by atoms with E-state index in [1.807, 2.05) is 13.1 Å². The fraction of sp³-hybridized carbons (Fsp3) is 0.583. The van der Waals surface area contributed by atoms with Crippen molar-refractivity contribution in [3.63, 3.8) is 0 Å². The lowest BCUT2D eigenvalue weighted by atomic mass is 10.1. The second-order valence-corrected chi connectivity index (χ2v) is 4.30. The van der Waals surface area contributed by atoms with Gasteiger partial charge in [0.25, 0.3) is 0 Å². The maximum Gasteiger partial charge on any atom is 0.226 e. The van der Waals surface area contributed by atoms with Crippen molar-refractivity contribution in [2.75, 3.05) is 25.0 Å². The van der Waals surface area contributed by atoms with Gasteiger partial charge in [0.1, 0.15) is 11.8 Å². The Morgan fingerprint density at radius 3 is 3.18 bits per heavy atom. The number of anilines is 1. The fourth-order valence-electron chi connectivity index (χ4n) is 2.13. The lowest BCUT2D eigenvalue weighted by molar-refractivity contribution is 0.557. The largest absolute Gasteiger partial charge is 0.341 e. The van der Waals surface area contributed by atoms with Crippen LogP contribution in [0.1, 0.15) is 25.0 Å². The molecule has 1 aromatic heterocycles. The highest BCUT2D eigenvalue weighted by Crippen LogP contribution is 2.16. The van der Waals surface area contributed by atoms with Gasteiger partial charge in [0.05, 0.1) is 0 Å². The topological polar surface area (TPSA) is 64.8 Å². The Kier molecular flexibility index (Phi) is 3.89. The summed E-state index contributed by atoms with van der Waals surface area (Å²) in [5.41, 5.74) is 0.425. The molecule has 5 heteroatoms. The lowest BCUT2D eigenvalue weighted by Crippen LogP contribution is -2.33. The third-order valence-corrected chi connectivity index (χ3v) is 3.17. The summed E-state index contributed by atoms with van der Waals surface area (Å²) in [4.78, 5) is 10.6. The summed E-state index contributed by atoms with van der Waals surface area (Å²) in [5, 5.41) is 12.2. The normalized spacial score (nSPS) is 20.4. The van der Waals surface area contributed by atoms with Gasteiger partial charge in [-0.1, -0.05) is 0 Å². The zero-order valence-electron chi connectivity index (χ0n) is 10.1. The molecular formula is C12H17N5. The monoisotopic (exact) mass is 231 g/mol. The molecule has 1 unspecified atom stereocenters. The van der Waals surface area contributed by atoms with E-state index in [0.717, 1.165) is 25.9 Å². The van der Waals surface area contributed by atoms with Crippen molar-refractivity contribution in [2.45, 2.75) is 25.3 Å². The molecule has 1 atom stereocenters. The van der Waals surface area contributed by atoms with E-state index >= 15 is 0 Å². The van der Waals surface area contributed by atoms with Crippen LogP contribution in [0, 0.1) is 11.3 Å². The van der Waals surface area contributed by atoms with Crippen LogP contribution in [-0.2, 0) is 0 Å². The van der Waals surface area contributed by atoms with Gasteiger partial charge in [-0.15, -0.1) is 0 Å². The summed E-state index contributed by atoms with van der Waals surface area (Å²) >= 11 is 0. The second kappa shape index (κ2) is 5.60. The van der Waals surface area contributed by atoms with Crippen molar-refractivity contribution in [3.05, 3.63) is 18.0 Å². The van der Waals surface area contributed by atoms with Crippen LogP contribution in [0.2, 0.25) is 0 Å². The highest BCUT2D eigenvalue weighted by atomic mass is 15.3. The van der Waals surface area contributed by atoms with Gasteiger partial charge in [-0.25, -0.2) is 9.97 Å². The Morgan fingerprint density at radius 1 is 1.47 bits per heavy atom. The summed E-state index contributed by atoms with van der Waals surface area (Å²) in [6.45, 7) is 2.12. The molecule has 0 saturated carbocycles. The van der Waals surface area contributed by atoms with Crippen LogP contribution in [0.25, 0.3) is 0 Å². The molecule has 17 heavy (non-hydrogen) atoms.